The molecule has 1 aliphatic heterocycles. The number of rotatable bonds is 5. The number of nitrogens with one attached hydrogen (secondary N) is 1. The first kappa shape index (κ1) is 18.6. The molecule has 0 aliphatic carbocycles. The monoisotopic (exact) mass is 372 g/mol. The number of benzene rings is 2. The summed E-state index contributed by atoms with van der Waals surface area (Å²) < 4.78 is 5.73. The molecule has 0 spiro atoms. The van der Waals surface area contributed by atoms with Gasteiger partial charge < -0.3 is 15.0 Å². The van der Waals surface area contributed by atoms with Gasteiger partial charge in [0.15, 0.2) is 6.10 Å². The molecular formula is C21H25ClN2O2. The number of halogens is 1. The number of carbonyl (C=O) groups is 1. The van der Waals surface area contributed by atoms with Gasteiger partial charge in [0, 0.05) is 24.5 Å². The first-order valence-electron chi connectivity index (χ1n) is 9.11. The second-order valence-corrected chi connectivity index (χ2v) is 7.18. The van der Waals surface area contributed by atoms with Gasteiger partial charge >= 0.3 is 0 Å². The molecule has 4 nitrogen and oxygen atoms in total. The molecule has 2 aromatic rings. The van der Waals surface area contributed by atoms with Crippen LogP contribution < -0.4 is 15.0 Å². The van der Waals surface area contributed by atoms with E-state index in [0.717, 1.165) is 24.3 Å². The summed E-state index contributed by atoms with van der Waals surface area (Å²) in [6, 6.07) is 13.5. The predicted octanol–water partition coefficient (Wildman–Crippen LogP) is 5.04. The van der Waals surface area contributed by atoms with Gasteiger partial charge in [0.1, 0.15) is 5.75 Å². The van der Waals surface area contributed by atoms with Gasteiger partial charge in [-0.25, -0.2) is 0 Å². The minimum Gasteiger partial charge on any atom is -0.479 e. The fraction of sp³-hybridized carbons (Fsp3) is 0.381. The zero-order chi connectivity index (χ0) is 18.5. The Kier molecular flexibility index (Phi) is 6.04. The third-order valence-electron chi connectivity index (χ3n) is 4.62. The van der Waals surface area contributed by atoms with Crippen molar-refractivity contribution in [3.05, 3.63) is 53.1 Å². The van der Waals surface area contributed by atoms with Gasteiger partial charge in [-0.15, -0.1) is 0 Å². The van der Waals surface area contributed by atoms with Crippen LogP contribution in [0.4, 0.5) is 11.4 Å². The van der Waals surface area contributed by atoms with Crippen molar-refractivity contribution >= 4 is 28.9 Å². The van der Waals surface area contributed by atoms with E-state index in [-0.39, 0.29) is 5.91 Å². The zero-order valence-electron chi connectivity index (χ0n) is 15.3. The smallest absolute Gasteiger partial charge is 0.265 e. The highest BCUT2D eigenvalue weighted by Crippen LogP contribution is 2.27. The van der Waals surface area contributed by atoms with Gasteiger partial charge in [0.05, 0.1) is 5.02 Å². The molecular weight excluding hydrogens is 348 g/mol. The summed E-state index contributed by atoms with van der Waals surface area (Å²) in [6.45, 7) is 5.88. The molecule has 1 unspecified atom stereocenters. The van der Waals surface area contributed by atoms with Crippen molar-refractivity contribution in [3.8, 4) is 5.75 Å². The van der Waals surface area contributed by atoms with E-state index in [1.54, 1.807) is 13.0 Å². The number of piperidine rings is 1. The summed E-state index contributed by atoms with van der Waals surface area (Å²) in [6.07, 6.45) is 3.16. The number of amides is 1. The molecule has 0 saturated carbocycles. The molecule has 0 bridgehead atoms. The number of aryl methyl sites for hydroxylation is 1. The number of nitrogens with zero attached hydrogens (tertiary/aromatic N) is 1. The Morgan fingerprint density at radius 2 is 1.81 bits per heavy atom. The van der Waals surface area contributed by atoms with Crippen LogP contribution in [0.5, 0.6) is 5.75 Å². The van der Waals surface area contributed by atoms with Crippen LogP contribution in [-0.4, -0.2) is 25.1 Å². The van der Waals surface area contributed by atoms with Crippen LogP contribution in [0.25, 0.3) is 0 Å². The lowest BCUT2D eigenvalue weighted by atomic mass is 10.1. The van der Waals surface area contributed by atoms with Gasteiger partial charge in [0.2, 0.25) is 0 Å². The Balaban J connectivity index is 1.59. The lowest BCUT2D eigenvalue weighted by molar-refractivity contribution is -0.122. The van der Waals surface area contributed by atoms with Crippen molar-refractivity contribution < 1.29 is 9.53 Å². The maximum Gasteiger partial charge on any atom is 0.265 e. The van der Waals surface area contributed by atoms with Crippen molar-refractivity contribution in [2.75, 3.05) is 23.3 Å². The Labute approximate surface area is 160 Å². The van der Waals surface area contributed by atoms with Crippen molar-refractivity contribution in [2.45, 2.75) is 39.2 Å². The summed E-state index contributed by atoms with van der Waals surface area (Å²) in [5.41, 5.74) is 3.00. The van der Waals surface area contributed by atoms with E-state index < -0.39 is 6.10 Å². The number of hydrogen-bond acceptors (Lipinski definition) is 3. The maximum atomic E-state index is 12.4. The fourth-order valence-corrected chi connectivity index (χ4v) is 3.26. The molecule has 1 heterocycles. The molecule has 1 amide bonds. The SMILES string of the molecule is Cc1ccc(Cl)c(OC(C)C(=O)Nc2ccc(N3CCCCC3)cc2)c1. The Morgan fingerprint density at radius 3 is 2.50 bits per heavy atom. The van der Waals surface area contributed by atoms with Crippen molar-refractivity contribution in [3.63, 3.8) is 0 Å². The molecule has 5 heteroatoms. The van der Waals surface area contributed by atoms with Crippen LogP contribution >= 0.6 is 11.6 Å². The lowest BCUT2D eigenvalue weighted by Crippen LogP contribution is -2.30. The first-order valence-corrected chi connectivity index (χ1v) is 9.49. The highest BCUT2D eigenvalue weighted by Gasteiger charge is 2.17. The van der Waals surface area contributed by atoms with Crippen molar-refractivity contribution in [1.29, 1.82) is 0 Å². The average molecular weight is 373 g/mol. The quantitative estimate of drug-likeness (QED) is 0.798. The zero-order valence-corrected chi connectivity index (χ0v) is 16.1. The van der Waals surface area contributed by atoms with E-state index >= 15 is 0 Å². The van der Waals surface area contributed by atoms with Crippen LogP contribution in [0.1, 0.15) is 31.7 Å². The number of ether oxygens (including phenoxy) is 1. The van der Waals surface area contributed by atoms with Gasteiger partial charge in [0.25, 0.3) is 5.91 Å². The minimum atomic E-state index is -0.643. The molecule has 1 N–H and O–H groups in total. The Morgan fingerprint density at radius 1 is 1.12 bits per heavy atom. The highest BCUT2D eigenvalue weighted by atomic mass is 35.5. The largest absolute Gasteiger partial charge is 0.479 e. The molecule has 1 aliphatic rings. The lowest BCUT2D eigenvalue weighted by Gasteiger charge is -2.28. The predicted molar refractivity (Wildman–Crippen MR) is 107 cm³/mol. The van der Waals surface area contributed by atoms with Crippen molar-refractivity contribution in [2.24, 2.45) is 0 Å². The molecule has 1 fully saturated rings. The topological polar surface area (TPSA) is 41.6 Å². The standard InChI is InChI=1S/C21H25ClN2O2/c1-15-6-11-19(22)20(14-15)26-16(2)21(25)23-17-7-9-18(10-8-17)24-12-4-3-5-13-24/h6-11,14,16H,3-5,12-13H2,1-2H3,(H,23,25). The molecule has 2 aromatic carbocycles. The normalized spacial score (nSPS) is 15.4. The summed E-state index contributed by atoms with van der Waals surface area (Å²) in [5.74, 6) is 0.322. The molecule has 1 atom stereocenters. The van der Waals surface area contributed by atoms with E-state index in [4.69, 9.17) is 16.3 Å². The molecule has 3 rings (SSSR count). The van der Waals surface area contributed by atoms with Crippen LogP contribution in [-0.2, 0) is 4.79 Å². The Hall–Kier alpha value is -2.20. The molecule has 26 heavy (non-hydrogen) atoms. The Bertz CT molecular complexity index is 755. The van der Waals surface area contributed by atoms with Gasteiger partial charge in [-0.3, -0.25) is 4.79 Å². The van der Waals surface area contributed by atoms with Crippen LogP contribution in [0.2, 0.25) is 5.02 Å². The number of hydrogen-bond donors (Lipinski definition) is 1. The molecule has 0 radical (unpaired) electrons. The minimum absolute atomic E-state index is 0.201. The second kappa shape index (κ2) is 8.45. The number of anilines is 2. The molecule has 138 valence electrons. The third-order valence-corrected chi connectivity index (χ3v) is 4.93. The van der Waals surface area contributed by atoms with Crippen LogP contribution in [0, 0.1) is 6.92 Å². The van der Waals surface area contributed by atoms with E-state index in [2.05, 4.69) is 22.3 Å². The molecule has 0 aromatic heterocycles. The maximum absolute atomic E-state index is 12.4. The van der Waals surface area contributed by atoms with E-state index in [1.165, 1.54) is 24.9 Å². The summed E-state index contributed by atoms with van der Waals surface area (Å²) in [4.78, 5) is 14.8. The second-order valence-electron chi connectivity index (χ2n) is 6.78. The third kappa shape index (κ3) is 4.70. The summed E-state index contributed by atoms with van der Waals surface area (Å²) in [5, 5.41) is 3.40. The number of carbonyl (C=O) groups excluding carboxylic acids is 1. The van der Waals surface area contributed by atoms with Gasteiger partial charge in [-0.1, -0.05) is 17.7 Å². The summed E-state index contributed by atoms with van der Waals surface area (Å²) >= 11 is 6.14. The van der Waals surface area contributed by atoms with Crippen molar-refractivity contribution in [1.82, 2.24) is 0 Å². The van der Waals surface area contributed by atoms with Gasteiger partial charge in [-0.2, -0.15) is 0 Å². The van der Waals surface area contributed by atoms with Crippen LogP contribution in [0.3, 0.4) is 0 Å². The van der Waals surface area contributed by atoms with Crippen LogP contribution in [0.15, 0.2) is 42.5 Å². The van der Waals surface area contributed by atoms with E-state index in [1.807, 2.05) is 31.2 Å². The van der Waals surface area contributed by atoms with E-state index in [9.17, 15) is 4.79 Å². The molecule has 1 saturated heterocycles. The fourth-order valence-electron chi connectivity index (χ4n) is 3.10. The van der Waals surface area contributed by atoms with E-state index in [0.29, 0.717) is 10.8 Å². The average Bonchev–Trinajstić information content (AvgIpc) is 2.66. The highest BCUT2D eigenvalue weighted by molar-refractivity contribution is 6.32. The first-order chi connectivity index (χ1) is 12.5. The van der Waals surface area contributed by atoms with Gasteiger partial charge in [-0.05, 0) is 75.1 Å². The summed E-state index contributed by atoms with van der Waals surface area (Å²) in [7, 11) is 0.